The average molecular weight is 328 g/mol. The number of carbonyl (C=O) groups excluding carboxylic acids is 2. The van der Waals surface area contributed by atoms with Crippen LogP contribution in [0, 0.1) is 6.92 Å². The fraction of sp³-hybridized carbons (Fsp3) is 0.188. The monoisotopic (exact) mass is 328 g/mol. The van der Waals surface area contributed by atoms with Crippen molar-refractivity contribution in [3.8, 4) is 0 Å². The Kier molecular flexibility index (Phi) is 4.12. The van der Waals surface area contributed by atoms with Gasteiger partial charge in [0.15, 0.2) is 0 Å². The third-order valence-electron chi connectivity index (χ3n) is 3.50. The number of imidazole rings is 1. The number of nitrogens with two attached hydrogens (primary N) is 1. The number of H-pyrrole nitrogens is 1. The number of fused-ring (bicyclic) bond motifs is 1. The zero-order valence-corrected chi connectivity index (χ0v) is 13.4. The highest BCUT2D eigenvalue weighted by atomic mass is 32.1. The molecule has 1 aromatic carbocycles. The summed E-state index contributed by atoms with van der Waals surface area (Å²) in [5.74, 6) is 0.0602. The summed E-state index contributed by atoms with van der Waals surface area (Å²) in [5.41, 5.74) is 8.33. The first-order valence-corrected chi connectivity index (χ1v) is 8.04. The Labute approximate surface area is 136 Å². The normalized spacial score (nSPS) is 10.8. The molecule has 0 saturated heterocycles. The summed E-state index contributed by atoms with van der Waals surface area (Å²) < 4.78 is 0. The molecular weight excluding hydrogens is 312 g/mol. The van der Waals surface area contributed by atoms with Crippen LogP contribution in [0.5, 0.6) is 0 Å². The van der Waals surface area contributed by atoms with E-state index in [0.29, 0.717) is 17.0 Å². The van der Waals surface area contributed by atoms with Crippen molar-refractivity contribution >= 4 is 39.2 Å². The van der Waals surface area contributed by atoms with Crippen molar-refractivity contribution in [3.05, 3.63) is 46.6 Å². The molecule has 118 valence electrons. The number of hydrogen-bond donors (Lipinski definition) is 3. The number of rotatable bonds is 5. The molecule has 0 saturated carbocycles. The zero-order chi connectivity index (χ0) is 16.4. The molecular formula is C16H16N4O2S. The molecule has 2 aromatic heterocycles. The molecule has 23 heavy (non-hydrogen) atoms. The first-order valence-electron chi connectivity index (χ1n) is 7.16. The molecule has 0 aliphatic carbocycles. The number of nitrogens with zero attached hydrogens (tertiary/aromatic N) is 1. The standard InChI is InChI=1S/C16H16N4O2S/c1-9-8-23-16(14(9)15(17)22)20-13(21)7-6-12-18-10-4-2-3-5-11(10)19-12/h2-5,8H,6-7H2,1H3,(H2,17,22)(H,18,19)(H,20,21). The van der Waals surface area contributed by atoms with Crippen LogP contribution in [-0.4, -0.2) is 21.8 Å². The van der Waals surface area contributed by atoms with Crippen LogP contribution < -0.4 is 11.1 Å². The summed E-state index contributed by atoms with van der Waals surface area (Å²) in [6.45, 7) is 1.79. The smallest absolute Gasteiger partial charge is 0.251 e. The maximum Gasteiger partial charge on any atom is 0.251 e. The summed E-state index contributed by atoms with van der Waals surface area (Å²) in [6.07, 6.45) is 0.770. The van der Waals surface area contributed by atoms with Crippen molar-refractivity contribution in [2.45, 2.75) is 19.8 Å². The number of aryl methyl sites for hydroxylation is 2. The van der Waals surface area contributed by atoms with E-state index in [-0.39, 0.29) is 12.3 Å². The number of aromatic nitrogens is 2. The summed E-state index contributed by atoms with van der Waals surface area (Å²) in [5, 5.41) is 5.06. The van der Waals surface area contributed by atoms with Gasteiger partial charge in [-0.05, 0) is 30.0 Å². The Morgan fingerprint density at radius 1 is 1.35 bits per heavy atom. The van der Waals surface area contributed by atoms with Gasteiger partial charge in [0.2, 0.25) is 5.91 Å². The number of primary amides is 1. The second-order valence-corrected chi connectivity index (χ2v) is 6.12. The lowest BCUT2D eigenvalue weighted by Gasteiger charge is -2.04. The third-order valence-corrected chi connectivity index (χ3v) is 4.51. The molecule has 3 aromatic rings. The highest BCUT2D eigenvalue weighted by Crippen LogP contribution is 2.27. The second-order valence-electron chi connectivity index (χ2n) is 5.24. The van der Waals surface area contributed by atoms with E-state index in [0.717, 1.165) is 22.4 Å². The van der Waals surface area contributed by atoms with Crippen LogP contribution >= 0.6 is 11.3 Å². The summed E-state index contributed by atoms with van der Waals surface area (Å²) >= 11 is 1.30. The van der Waals surface area contributed by atoms with E-state index in [1.807, 2.05) is 24.3 Å². The number of amides is 2. The van der Waals surface area contributed by atoms with Crippen LogP contribution in [0.1, 0.15) is 28.2 Å². The summed E-state index contributed by atoms with van der Waals surface area (Å²) in [4.78, 5) is 31.1. The van der Waals surface area contributed by atoms with Gasteiger partial charge in [0.25, 0.3) is 5.91 Å². The maximum absolute atomic E-state index is 12.1. The molecule has 0 unspecified atom stereocenters. The van der Waals surface area contributed by atoms with Gasteiger partial charge in [-0.1, -0.05) is 12.1 Å². The number of aromatic amines is 1. The fourth-order valence-corrected chi connectivity index (χ4v) is 3.35. The van der Waals surface area contributed by atoms with Gasteiger partial charge in [0, 0.05) is 12.8 Å². The molecule has 2 amide bonds. The van der Waals surface area contributed by atoms with Gasteiger partial charge in [0.1, 0.15) is 10.8 Å². The number of carbonyl (C=O) groups is 2. The summed E-state index contributed by atoms with van der Waals surface area (Å²) in [7, 11) is 0. The Balaban J connectivity index is 1.65. The number of thiophene rings is 1. The van der Waals surface area contributed by atoms with Gasteiger partial charge in [-0.3, -0.25) is 9.59 Å². The molecule has 0 spiro atoms. The van der Waals surface area contributed by atoms with Gasteiger partial charge < -0.3 is 16.0 Å². The van der Waals surface area contributed by atoms with E-state index < -0.39 is 5.91 Å². The van der Waals surface area contributed by atoms with Gasteiger partial charge >= 0.3 is 0 Å². The molecule has 0 radical (unpaired) electrons. The van der Waals surface area contributed by atoms with E-state index in [1.54, 1.807) is 12.3 Å². The molecule has 2 heterocycles. The van der Waals surface area contributed by atoms with Crippen molar-refractivity contribution in [1.29, 1.82) is 0 Å². The van der Waals surface area contributed by atoms with Crippen molar-refractivity contribution in [1.82, 2.24) is 9.97 Å². The largest absolute Gasteiger partial charge is 0.365 e. The minimum absolute atomic E-state index is 0.171. The number of hydrogen-bond acceptors (Lipinski definition) is 4. The Hall–Kier alpha value is -2.67. The number of benzene rings is 1. The number of nitrogens with one attached hydrogen (secondary N) is 2. The van der Waals surface area contributed by atoms with Crippen LogP contribution in [0.15, 0.2) is 29.6 Å². The van der Waals surface area contributed by atoms with Crippen LogP contribution in [0.3, 0.4) is 0 Å². The van der Waals surface area contributed by atoms with Gasteiger partial charge in [0.05, 0.1) is 16.6 Å². The van der Waals surface area contributed by atoms with Gasteiger partial charge in [-0.2, -0.15) is 0 Å². The van der Waals surface area contributed by atoms with E-state index in [1.165, 1.54) is 11.3 Å². The topological polar surface area (TPSA) is 101 Å². The van der Waals surface area contributed by atoms with E-state index in [4.69, 9.17) is 5.73 Å². The van der Waals surface area contributed by atoms with Gasteiger partial charge in [-0.25, -0.2) is 4.98 Å². The number of anilines is 1. The van der Waals surface area contributed by atoms with Gasteiger partial charge in [-0.15, -0.1) is 11.3 Å². The molecule has 0 atom stereocenters. The molecule has 0 aliphatic heterocycles. The van der Waals surface area contributed by atoms with E-state index >= 15 is 0 Å². The van der Waals surface area contributed by atoms with Crippen LogP contribution in [-0.2, 0) is 11.2 Å². The van der Waals surface area contributed by atoms with Crippen molar-refractivity contribution in [3.63, 3.8) is 0 Å². The lowest BCUT2D eigenvalue weighted by atomic mass is 10.2. The lowest BCUT2D eigenvalue weighted by Crippen LogP contribution is -2.17. The predicted molar refractivity (Wildman–Crippen MR) is 90.6 cm³/mol. The summed E-state index contributed by atoms with van der Waals surface area (Å²) in [6, 6.07) is 7.72. The average Bonchev–Trinajstić information content (AvgIpc) is 3.08. The van der Waals surface area contributed by atoms with Crippen molar-refractivity contribution in [2.75, 3.05) is 5.32 Å². The Morgan fingerprint density at radius 3 is 2.87 bits per heavy atom. The van der Waals surface area contributed by atoms with Crippen molar-refractivity contribution < 1.29 is 9.59 Å². The molecule has 3 rings (SSSR count). The first-order chi connectivity index (χ1) is 11.0. The molecule has 0 aliphatic rings. The highest BCUT2D eigenvalue weighted by molar-refractivity contribution is 7.15. The van der Waals surface area contributed by atoms with Crippen molar-refractivity contribution in [2.24, 2.45) is 5.73 Å². The molecule has 7 heteroatoms. The minimum Gasteiger partial charge on any atom is -0.365 e. The van der Waals surface area contributed by atoms with Crippen LogP contribution in [0.2, 0.25) is 0 Å². The molecule has 6 nitrogen and oxygen atoms in total. The first kappa shape index (κ1) is 15.2. The third kappa shape index (κ3) is 3.24. The molecule has 0 bridgehead atoms. The fourth-order valence-electron chi connectivity index (χ4n) is 2.39. The van der Waals surface area contributed by atoms with E-state index in [2.05, 4.69) is 15.3 Å². The highest BCUT2D eigenvalue weighted by Gasteiger charge is 2.16. The molecule has 4 N–H and O–H groups in total. The Bertz CT molecular complexity index is 848. The number of para-hydroxylation sites is 2. The minimum atomic E-state index is -0.531. The lowest BCUT2D eigenvalue weighted by molar-refractivity contribution is -0.116. The van der Waals surface area contributed by atoms with Crippen LogP contribution in [0.4, 0.5) is 5.00 Å². The quantitative estimate of drug-likeness (QED) is 0.671. The Morgan fingerprint density at radius 2 is 2.13 bits per heavy atom. The predicted octanol–water partition coefficient (Wildman–Crippen LogP) is 2.60. The molecule has 0 fully saturated rings. The van der Waals surface area contributed by atoms with Crippen LogP contribution in [0.25, 0.3) is 11.0 Å². The zero-order valence-electron chi connectivity index (χ0n) is 12.6. The van der Waals surface area contributed by atoms with E-state index in [9.17, 15) is 9.59 Å². The maximum atomic E-state index is 12.1. The second kappa shape index (κ2) is 6.21. The SMILES string of the molecule is Cc1csc(NC(=O)CCc2nc3ccccc3[nH]2)c1C(N)=O.